The number of carboxylic acids is 1. The minimum Gasteiger partial charge on any atom is -0.481 e. The largest absolute Gasteiger partial charge is 0.481 e. The van der Waals surface area contributed by atoms with Crippen LogP contribution in [0.3, 0.4) is 0 Å². The van der Waals surface area contributed by atoms with E-state index in [-0.39, 0.29) is 0 Å². The second kappa shape index (κ2) is 5.24. The van der Waals surface area contributed by atoms with Crippen molar-refractivity contribution in [3.05, 3.63) is 56.7 Å². The van der Waals surface area contributed by atoms with Gasteiger partial charge in [-0.1, -0.05) is 34.1 Å². The lowest BCUT2D eigenvalue weighted by atomic mass is 9.79. The number of benzene rings is 1. The predicted octanol–water partition coefficient (Wildman–Crippen LogP) is 4.10. The van der Waals surface area contributed by atoms with Crippen LogP contribution in [0.25, 0.3) is 0 Å². The van der Waals surface area contributed by atoms with Crippen molar-refractivity contribution in [2.24, 2.45) is 0 Å². The van der Waals surface area contributed by atoms with Gasteiger partial charge in [0, 0.05) is 15.8 Å². The molecule has 0 aliphatic rings. The van der Waals surface area contributed by atoms with Gasteiger partial charge in [-0.25, -0.2) is 0 Å². The fourth-order valence-electron chi connectivity index (χ4n) is 1.88. The van der Waals surface area contributed by atoms with Crippen LogP contribution >= 0.6 is 27.3 Å². The third kappa shape index (κ3) is 2.65. The molecule has 1 aromatic carbocycles. The smallest absolute Gasteiger partial charge is 0.314 e. The summed E-state index contributed by atoms with van der Waals surface area (Å²) in [6.07, 6.45) is 0.516. The van der Waals surface area contributed by atoms with Gasteiger partial charge in [0.2, 0.25) is 0 Å². The molecule has 1 unspecified atom stereocenters. The molecule has 2 rings (SSSR count). The topological polar surface area (TPSA) is 37.3 Å². The number of hydrogen-bond donors (Lipinski definition) is 1. The van der Waals surface area contributed by atoms with Crippen molar-refractivity contribution in [3.63, 3.8) is 0 Å². The molecule has 1 N–H and O–H groups in total. The zero-order valence-corrected chi connectivity index (χ0v) is 12.3. The summed E-state index contributed by atoms with van der Waals surface area (Å²) in [5.41, 5.74) is -0.0578. The third-order valence-corrected chi connectivity index (χ3v) is 4.47. The summed E-state index contributed by atoms with van der Waals surface area (Å²) in [6, 6.07) is 11.4. The van der Waals surface area contributed by atoms with Crippen LogP contribution in [0.1, 0.15) is 17.4 Å². The molecule has 0 fully saturated rings. The molecule has 0 aliphatic heterocycles. The first kappa shape index (κ1) is 13.3. The van der Waals surface area contributed by atoms with E-state index in [4.69, 9.17) is 0 Å². The van der Waals surface area contributed by atoms with Gasteiger partial charge in [0.15, 0.2) is 0 Å². The Hall–Kier alpha value is -1.13. The monoisotopic (exact) mass is 324 g/mol. The standard InChI is InChI=1S/C14H13BrO2S/c1-14(13(16)17,9-12-3-2-8-18-12)10-4-6-11(15)7-5-10/h2-8H,9H2,1H3,(H,16,17). The van der Waals surface area contributed by atoms with Crippen molar-refractivity contribution in [2.75, 3.05) is 0 Å². The molecule has 0 bridgehead atoms. The highest BCUT2D eigenvalue weighted by atomic mass is 79.9. The van der Waals surface area contributed by atoms with Gasteiger partial charge in [-0.05, 0) is 36.1 Å². The summed E-state index contributed by atoms with van der Waals surface area (Å²) < 4.78 is 0.954. The molecule has 18 heavy (non-hydrogen) atoms. The lowest BCUT2D eigenvalue weighted by molar-refractivity contribution is -0.143. The molecule has 0 amide bonds. The Labute approximate surface area is 118 Å². The maximum Gasteiger partial charge on any atom is 0.314 e. The van der Waals surface area contributed by atoms with Gasteiger partial charge >= 0.3 is 5.97 Å². The van der Waals surface area contributed by atoms with Crippen LogP contribution in [-0.2, 0) is 16.6 Å². The van der Waals surface area contributed by atoms with Crippen molar-refractivity contribution in [1.29, 1.82) is 0 Å². The fraction of sp³-hybridized carbons (Fsp3) is 0.214. The van der Waals surface area contributed by atoms with Crippen molar-refractivity contribution >= 4 is 33.2 Å². The number of carboxylic acid groups (broad SMARTS) is 1. The maximum atomic E-state index is 11.6. The van der Waals surface area contributed by atoms with Gasteiger partial charge in [-0.3, -0.25) is 4.79 Å². The van der Waals surface area contributed by atoms with Crippen molar-refractivity contribution in [3.8, 4) is 0 Å². The molecule has 0 radical (unpaired) electrons. The molecular weight excluding hydrogens is 312 g/mol. The van der Waals surface area contributed by atoms with Gasteiger partial charge in [0.05, 0.1) is 5.41 Å². The van der Waals surface area contributed by atoms with Gasteiger partial charge in [-0.2, -0.15) is 0 Å². The summed E-state index contributed by atoms with van der Waals surface area (Å²) in [6.45, 7) is 1.78. The van der Waals surface area contributed by atoms with Crippen LogP contribution in [0, 0.1) is 0 Å². The van der Waals surface area contributed by atoms with Crippen LogP contribution in [0.2, 0.25) is 0 Å². The zero-order valence-electron chi connectivity index (χ0n) is 9.89. The Kier molecular flexibility index (Phi) is 3.88. The molecule has 94 valence electrons. The first-order valence-electron chi connectivity index (χ1n) is 5.54. The summed E-state index contributed by atoms with van der Waals surface area (Å²) >= 11 is 4.96. The van der Waals surface area contributed by atoms with Crippen molar-refractivity contribution < 1.29 is 9.90 Å². The average Bonchev–Trinajstić information content (AvgIpc) is 2.82. The fourth-order valence-corrected chi connectivity index (χ4v) is 3.01. The summed E-state index contributed by atoms with van der Waals surface area (Å²) in [4.78, 5) is 12.7. The van der Waals surface area contributed by atoms with E-state index in [1.807, 2.05) is 41.8 Å². The highest BCUT2D eigenvalue weighted by Crippen LogP contribution is 2.31. The zero-order chi connectivity index (χ0) is 13.2. The van der Waals surface area contributed by atoms with E-state index in [1.165, 1.54) is 0 Å². The van der Waals surface area contributed by atoms with Crippen molar-refractivity contribution in [1.82, 2.24) is 0 Å². The van der Waals surface area contributed by atoms with E-state index < -0.39 is 11.4 Å². The quantitative estimate of drug-likeness (QED) is 0.919. The molecule has 0 spiro atoms. The number of carbonyl (C=O) groups is 1. The average molecular weight is 325 g/mol. The Morgan fingerprint density at radius 2 is 2.00 bits per heavy atom. The number of aliphatic carboxylic acids is 1. The highest BCUT2D eigenvalue weighted by molar-refractivity contribution is 9.10. The van der Waals surface area contributed by atoms with Crippen LogP contribution in [0.4, 0.5) is 0 Å². The second-order valence-corrected chi connectivity index (χ2v) is 6.35. The van der Waals surface area contributed by atoms with E-state index in [1.54, 1.807) is 18.3 Å². The minimum atomic E-state index is -0.883. The van der Waals surface area contributed by atoms with E-state index in [9.17, 15) is 9.90 Å². The molecule has 1 heterocycles. The van der Waals surface area contributed by atoms with Crippen LogP contribution in [-0.4, -0.2) is 11.1 Å². The Bertz CT molecular complexity index is 533. The van der Waals surface area contributed by atoms with Gasteiger partial charge in [0.25, 0.3) is 0 Å². The van der Waals surface area contributed by atoms with Gasteiger partial charge < -0.3 is 5.11 Å². The van der Waals surface area contributed by atoms with Crippen LogP contribution < -0.4 is 0 Å². The van der Waals surface area contributed by atoms with E-state index >= 15 is 0 Å². The predicted molar refractivity (Wildman–Crippen MR) is 77.2 cm³/mol. The lowest BCUT2D eigenvalue weighted by Crippen LogP contribution is -2.34. The molecular formula is C14H13BrO2S. The van der Waals surface area contributed by atoms with E-state index in [2.05, 4.69) is 15.9 Å². The van der Waals surface area contributed by atoms with Crippen LogP contribution in [0.5, 0.6) is 0 Å². The Morgan fingerprint density at radius 3 is 2.50 bits per heavy atom. The molecule has 4 heteroatoms. The number of hydrogen-bond acceptors (Lipinski definition) is 2. The lowest BCUT2D eigenvalue weighted by Gasteiger charge is -2.25. The minimum absolute atomic E-state index is 0.516. The second-order valence-electron chi connectivity index (χ2n) is 4.40. The molecule has 0 aliphatic carbocycles. The first-order chi connectivity index (χ1) is 8.52. The Balaban J connectivity index is 2.37. The molecule has 1 aromatic heterocycles. The van der Waals surface area contributed by atoms with E-state index in [0.717, 1.165) is 14.9 Å². The summed E-state index contributed by atoms with van der Waals surface area (Å²) in [5, 5.41) is 11.5. The van der Waals surface area contributed by atoms with Gasteiger partial charge in [0.1, 0.15) is 0 Å². The first-order valence-corrected chi connectivity index (χ1v) is 7.21. The SMILES string of the molecule is CC(Cc1cccs1)(C(=O)O)c1ccc(Br)cc1. The highest BCUT2D eigenvalue weighted by Gasteiger charge is 2.35. The molecule has 1 atom stereocenters. The molecule has 2 aromatic rings. The summed E-state index contributed by atoms with van der Waals surface area (Å²) in [7, 11) is 0. The number of thiophene rings is 1. The molecule has 0 saturated carbocycles. The number of rotatable bonds is 4. The Morgan fingerprint density at radius 1 is 1.33 bits per heavy atom. The molecule has 0 saturated heterocycles. The normalized spacial score (nSPS) is 14.1. The number of halogens is 1. The van der Waals surface area contributed by atoms with Crippen LogP contribution in [0.15, 0.2) is 46.3 Å². The van der Waals surface area contributed by atoms with Crippen molar-refractivity contribution in [2.45, 2.75) is 18.8 Å². The third-order valence-electron chi connectivity index (χ3n) is 3.06. The maximum absolute atomic E-state index is 11.6. The van der Waals surface area contributed by atoms with E-state index in [0.29, 0.717) is 6.42 Å². The molecule has 2 nitrogen and oxygen atoms in total. The summed E-state index contributed by atoms with van der Waals surface area (Å²) in [5.74, 6) is -0.793. The van der Waals surface area contributed by atoms with Gasteiger partial charge in [-0.15, -0.1) is 11.3 Å².